The van der Waals surface area contributed by atoms with E-state index in [1.165, 1.54) is 11.9 Å². The van der Waals surface area contributed by atoms with Crippen LogP contribution < -0.4 is 0 Å². The van der Waals surface area contributed by atoms with Gasteiger partial charge in [0.25, 0.3) is 5.91 Å². The lowest BCUT2D eigenvalue weighted by Crippen LogP contribution is -2.28. The number of nitrogens with zero attached hydrogens (tertiary/aromatic N) is 6. The second-order valence-corrected chi connectivity index (χ2v) is 5.78. The highest BCUT2D eigenvalue weighted by molar-refractivity contribution is 5.92. The lowest BCUT2D eigenvalue weighted by molar-refractivity contribution is 0.0644. The number of carbonyl (C=O) groups is 1. The van der Waals surface area contributed by atoms with Crippen molar-refractivity contribution in [2.75, 3.05) is 7.05 Å². The number of rotatable bonds is 4. The Bertz CT molecular complexity index is 1070. The molecule has 0 spiro atoms. The van der Waals surface area contributed by atoms with Crippen molar-refractivity contribution in [2.24, 2.45) is 0 Å². The largest absolute Gasteiger partial charge is 0.333 e. The van der Waals surface area contributed by atoms with E-state index in [0.717, 1.165) is 4.57 Å². The predicted octanol–water partition coefficient (Wildman–Crippen LogP) is 2.75. The van der Waals surface area contributed by atoms with Crippen LogP contribution in [0.5, 0.6) is 0 Å². The molecule has 0 radical (unpaired) electrons. The third kappa shape index (κ3) is 2.67. The zero-order chi connectivity index (χ0) is 18.3. The van der Waals surface area contributed by atoms with Gasteiger partial charge in [-0.2, -0.15) is 8.78 Å². The molecule has 0 aliphatic rings. The summed E-state index contributed by atoms with van der Waals surface area (Å²) >= 11 is 0. The highest BCUT2D eigenvalue weighted by Crippen LogP contribution is 2.24. The molecule has 0 saturated heterocycles. The number of hydrogen-bond acceptors (Lipinski definition) is 4. The summed E-state index contributed by atoms with van der Waals surface area (Å²) in [5, 5.41) is 0. The van der Waals surface area contributed by atoms with Crippen LogP contribution in [0.25, 0.3) is 16.8 Å². The van der Waals surface area contributed by atoms with Crippen LogP contribution in [0.4, 0.5) is 8.78 Å². The molecule has 0 aliphatic carbocycles. The van der Waals surface area contributed by atoms with E-state index >= 15 is 0 Å². The van der Waals surface area contributed by atoms with Crippen molar-refractivity contribution < 1.29 is 13.6 Å². The average molecular weight is 356 g/mol. The Morgan fingerprint density at radius 2 is 2.04 bits per heavy atom. The summed E-state index contributed by atoms with van der Waals surface area (Å²) in [6.45, 7) is -2.82. The van der Waals surface area contributed by atoms with Gasteiger partial charge < -0.3 is 4.90 Å². The van der Waals surface area contributed by atoms with Gasteiger partial charge in [-0.15, -0.1) is 0 Å². The maximum Gasteiger partial charge on any atom is 0.320 e. The number of hydrogen-bond donors (Lipinski definition) is 0. The number of halogens is 2. The van der Waals surface area contributed by atoms with Crippen molar-refractivity contribution in [3.8, 4) is 0 Å². The second kappa shape index (κ2) is 6.17. The lowest BCUT2D eigenvalue weighted by Gasteiger charge is -2.16. The summed E-state index contributed by atoms with van der Waals surface area (Å²) in [5.41, 5.74) is 0.974. The van der Waals surface area contributed by atoms with Crippen molar-refractivity contribution >= 4 is 22.7 Å². The van der Waals surface area contributed by atoms with Gasteiger partial charge in [0, 0.05) is 25.6 Å². The Morgan fingerprint density at radius 1 is 1.23 bits per heavy atom. The van der Waals surface area contributed by atoms with Crippen LogP contribution >= 0.6 is 0 Å². The number of fused-ring (bicyclic) bond motifs is 2. The van der Waals surface area contributed by atoms with Crippen molar-refractivity contribution in [1.29, 1.82) is 0 Å². The molecule has 0 unspecified atom stereocenters. The number of alkyl halides is 2. The molecule has 4 aromatic rings. The zero-order valence-corrected chi connectivity index (χ0v) is 13.8. The van der Waals surface area contributed by atoms with Gasteiger partial charge in [-0.05, 0) is 18.2 Å². The maximum atomic E-state index is 13.5. The first-order valence-corrected chi connectivity index (χ1v) is 7.84. The number of benzene rings is 1. The first-order chi connectivity index (χ1) is 12.5. The normalized spacial score (nSPS) is 11.5. The fourth-order valence-electron chi connectivity index (χ4n) is 2.84. The smallest absolute Gasteiger partial charge is 0.320 e. The van der Waals surface area contributed by atoms with Crippen LogP contribution in [0.15, 0.2) is 48.9 Å². The molecule has 26 heavy (non-hydrogen) atoms. The van der Waals surface area contributed by atoms with Crippen LogP contribution in [-0.4, -0.2) is 41.8 Å². The zero-order valence-electron chi connectivity index (χ0n) is 13.8. The van der Waals surface area contributed by atoms with Gasteiger partial charge in [0.15, 0.2) is 0 Å². The molecule has 3 aromatic heterocycles. The SMILES string of the molecule is CN(Cc1nc2ccccc2n1C(F)F)C(=O)c1cn2cccnc2n1. The number of amides is 1. The van der Waals surface area contributed by atoms with E-state index in [1.807, 2.05) is 0 Å². The van der Waals surface area contributed by atoms with Gasteiger partial charge in [-0.1, -0.05) is 12.1 Å². The molecule has 9 heteroatoms. The summed E-state index contributed by atoms with van der Waals surface area (Å²) in [4.78, 5) is 26.4. The fraction of sp³-hybridized carbons (Fsp3) is 0.176. The number of para-hydroxylation sites is 2. The van der Waals surface area contributed by atoms with Gasteiger partial charge in [0.05, 0.1) is 17.6 Å². The third-order valence-corrected chi connectivity index (χ3v) is 4.04. The molecular weight excluding hydrogens is 342 g/mol. The molecule has 3 heterocycles. The molecule has 0 atom stereocenters. The van der Waals surface area contributed by atoms with E-state index in [2.05, 4.69) is 15.0 Å². The van der Waals surface area contributed by atoms with Gasteiger partial charge >= 0.3 is 6.55 Å². The van der Waals surface area contributed by atoms with E-state index < -0.39 is 12.5 Å². The van der Waals surface area contributed by atoms with Crippen LogP contribution in [0, 0.1) is 0 Å². The minimum absolute atomic E-state index is 0.0703. The summed E-state index contributed by atoms with van der Waals surface area (Å²) in [7, 11) is 1.52. The highest BCUT2D eigenvalue weighted by atomic mass is 19.3. The van der Waals surface area contributed by atoms with Crippen LogP contribution in [-0.2, 0) is 6.54 Å². The molecule has 0 fully saturated rings. The summed E-state index contributed by atoms with van der Waals surface area (Å²) in [5.74, 6) is 0.103. The Labute approximate surface area is 146 Å². The van der Waals surface area contributed by atoms with E-state index in [-0.39, 0.29) is 18.1 Å². The number of imidazole rings is 2. The maximum absolute atomic E-state index is 13.5. The molecule has 0 N–H and O–H groups in total. The fourth-order valence-corrected chi connectivity index (χ4v) is 2.84. The molecular formula is C17H14F2N6O. The predicted molar refractivity (Wildman–Crippen MR) is 89.8 cm³/mol. The molecule has 0 aliphatic heterocycles. The Kier molecular flexibility index (Phi) is 3.83. The van der Waals surface area contributed by atoms with Gasteiger partial charge in [0.1, 0.15) is 11.5 Å². The van der Waals surface area contributed by atoms with E-state index in [0.29, 0.717) is 16.8 Å². The average Bonchev–Trinajstić information content (AvgIpc) is 3.21. The number of aromatic nitrogens is 5. The topological polar surface area (TPSA) is 68.3 Å². The molecule has 132 valence electrons. The van der Waals surface area contributed by atoms with Gasteiger partial charge in [-0.3, -0.25) is 13.8 Å². The molecule has 0 saturated carbocycles. The summed E-state index contributed by atoms with van der Waals surface area (Å²) < 4.78 is 29.5. The van der Waals surface area contributed by atoms with Crippen LogP contribution in [0.1, 0.15) is 22.9 Å². The Balaban J connectivity index is 1.65. The van der Waals surface area contributed by atoms with Crippen LogP contribution in [0.2, 0.25) is 0 Å². The highest BCUT2D eigenvalue weighted by Gasteiger charge is 2.22. The first-order valence-electron chi connectivity index (χ1n) is 7.84. The molecule has 4 rings (SSSR count). The number of carbonyl (C=O) groups excluding carboxylic acids is 1. The second-order valence-electron chi connectivity index (χ2n) is 5.78. The molecule has 7 nitrogen and oxygen atoms in total. The lowest BCUT2D eigenvalue weighted by atomic mass is 10.3. The summed E-state index contributed by atoms with van der Waals surface area (Å²) in [6, 6.07) is 8.36. The monoisotopic (exact) mass is 356 g/mol. The van der Waals surface area contributed by atoms with Crippen molar-refractivity contribution in [3.63, 3.8) is 0 Å². The first kappa shape index (κ1) is 16.1. The standard InChI is InChI=1S/C17H14F2N6O/c1-23(15(26)12-9-24-8-4-7-20-17(24)22-12)10-14-21-11-5-2-3-6-13(11)25(14)16(18)19/h2-9,16H,10H2,1H3. The molecule has 0 bridgehead atoms. The molecule has 1 aromatic carbocycles. The van der Waals surface area contributed by atoms with Gasteiger partial charge in [0.2, 0.25) is 5.78 Å². The minimum Gasteiger partial charge on any atom is -0.333 e. The van der Waals surface area contributed by atoms with E-state index in [4.69, 9.17) is 0 Å². The Morgan fingerprint density at radius 3 is 2.81 bits per heavy atom. The summed E-state index contributed by atoms with van der Waals surface area (Å²) in [6.07, 6.45) is 4.85. The van der Waals surface area contributed by atoms with Crippen molar-refractivity contribution in [1.82, 2.24) is 28.8 Å². The molecule has 1 amide bonds. The van der Waals surface area contributed by atoms with Crippen molar-refractivity contribution in [3.05, 3.63) is 60.4 Å². The van der Waals surface area contributed by atoms with E-state index in [9.17, 15) is 13.6 Å². The minimum atomic E-state index is -2.75. The quantitative estimate of drug-likeness (QED) is 0.564. The van der Waals surface area contributed by atoms with E-state index in [1.54, 1.807) is 53.3 Å². The van der Waals surface area contributed by atoms with Crippen LogP contribution in [0.3, 0.4) is 0 Å². The Hall–Kier alpha value is -3.36. The third-order valence-electron chi connectivity index (χ3n) is 4.04. The van der Waals surface area contributed by atoms with Crippen molar-refractivity contribution in [2.45, 2.75) is 13.1 Å². The van der Waals surface area contributed by atoms with Gasteiger partial charge in [-0.25, -0.2) is 15.0 Å².